The Morgan fingerprint density at radius 2 is 2.23 bits per heavy atom. The van der Waals surface area contributed by atoms with Gasteiger partial charge in [-0.2, -0.15) is 5.10 Å². The van der Waals surface area contributed by atoms with Crippen LogP contribution in [0.15, 0.2) is 49.7 Å². The van der Waals surface area contributed by atoms with Crippen molar-refractivity contribution in [2.24, 2.45) is 0 Å². The molecule has 0 aliphatic carbocycles. The summed E-state index contributed by atoms with van der Waals surface area (Å²) in [4.78, 5) is 24.4. The quantitative estimate of drug-likeness (QED) is 0.750. The monoisotopic (exact) mass is 297 g/mol. The number of imidazole rings is 1. The molecule has 112 valence electrons. The molecule has 3 rings (SSSR count). The Bertz CT molecular complexity index is 736. The molecule has 8 nitrogen and oxygen atoms in total. The van der Waals surface area contributed by atoms with Crippen molar-refractivity contribution in [2.75, 3.05) is 0 Å². The Morgan fingerprint density at radius 1 is 1.32 bits per heavy atom. The van der Waals surface area contributed by atoms with Crippen LogP contribution in [0.25, 0.3) is 5.82 Å². The molecule has 22 heavy (non-hydrogen) atoms. The largest absolute Gasteiger partial charge is 0.350 e. The minimum atomic E-state index is -0.420. The SMILES string of the molecule is C[C@H](C(=O)NCc1cccnc1-n1ccnc1)n1cncn1. The van der Waals surface area contributed by atoms with Crippen molar-refractivity contribution >= 4 is 5.91 Å². The third-order valence-electron chi connectivity index (χ3n) is 3.28. The molecular formula is C14H15N7O. The highest BCUT2D eigenvalue weighted by atomic mass is 16.2. The molecular weight excluding hydrogens is 282 g/mol. The van der Waals surface area contributed by atoms with Gasteiger partial charge in [-0.25, -0.2) is 19.6 Å². The van der Waals surface area contributed by atoms with Gasteiger partial charge in [0.25, 0.3) is 0 Å². The molecule has 0 aliphatic rings. The highest BCUT2D eigenvalue weighted by molar-refractivity contribution is 5.79. The molecule has 1 N–H and O–H groups in total. The van der Waals surface area contributed by atoms with Crippen molar-refractivity contribution in [1.29, 1.82) is 0 Å². The van der Waals surface area contributed by atoms with Gasteiger partial charge in [-0.05, 0) is 13.0 Å². The summed E-state index contributed by atoms with van der Waals surface area (Å²) in [7, 11) is 0. The highest BCUT2D eigenvalue weighted by Gasteiger charge is 2.15. The topological polar surface area (TPSA) is 90.5 Å². The van der Waals surface area contributed by atoms with Crippen LogP contribution < -0.4 is 5.32 Å². The van der Waals surface area contributed by atoms with Crippen LogP contribution in [-0.2, 0) is 11.3 Å². The van der Waals surface area contributed by atoms with Gasteiger partial charge in [-0.15, -0.1) is 0 Å². The number of hydrogen-bond donors (Lipinski definition) is 1. The minimum absolute atomic E-state index is 0.133. The molecule has 1 amide bonds. The molecule has 3 aromatic rings. The maximum atomic E-state index is 12.2. The Morgan fingerprint density at radius 3 is 2.95 bits per heavy atom. The molecule has 0 aliphatic heterocycles. The summed E-state index contributed by atoms with van der Waals surface area (Å²) < 4.78 is 3.32. The third-order valence-corrected chi connectivity index (χ3v) is 3.28. The maximum Gasteiger partial charge on any atom is 0.244 e. The van der Waals surface area contributed by atoms with E-state index < -0.39 is 6.04 Å². The number of pyridine rings is 1. The van der Waals surface area contributed by atoms with E-state index in [1.54, 1.807) is 25.6 Å². The van der Waals surface area contributed by atoms with Crippen LogP contribution >= 0.6 is 0 Å². The van der Waals surface area contributed by atoms with Crippen molar-refractivity contribution in [3.63, 3.8) is 0 Å². The van der Waals surface area contributed by atoms with Crippen LogP contribution in [0.2, 0.25) is 0 Å². The molecule has 0 aromatic carbocycles. The lowest BCUT2D eigenvalue weighted by atomic mass is 10.2. The fourth-order valence-electron chi connectivity index (χ4n) is 2.05. The molecule has 0 spiro atoms. The zero-order valence-electron chi connectivity index (χ0n) is 12.0. The van der Waals surface area contributed by atoms with Crippen LogP contribution in [0.5, 0.6) is 0 Å². The van der Waals surface area contributed by atoms with Gasteiger partial charge in [0.15, 0.2) is 0 Å². The van der Waals surface area contributed by atoms with Gasteiger partial charge in [-0.3, -0.25) is 9.36 Å². The molecule has 0 fully saturated rings. The summed E-state index contributed by atoms with van der Waals surface area (Å²) >= 11 is 0. The van der Waals surface area contributed by atoms with E-state index in [4.69, 9.17) is 0 Å². The highest BCUT2D eigenvalue weighted by Crippen LogP contribution is 2.11. The van der Waals surface area contributed by atoms with Crippen molar-refractivity contribution in [1.82, 2.24) is 34.6 Å². The average Bonchev–Trinajstić information content (AvgIpc) is 3.25. The molecule has 3 aromatic heterocycles. The number of nitrogens with zero attached hydrogens (tertiary/aromatic N) is 6. The molecule has 0 saturated heterocycles. The Hall–Kier alpha value is -3.03. The van der Waals surface area contributed by atoms with Gasteiger partial charge in [0.05, 0.1) is 0 Å². The summed E-state index contributed by atoms with van der Waals surface area (Å²) in [5.41, 5.74) is 0.902. The Kier molecular flexibility index (Phi) is 3.90. The maximum absolute atomic E-state index is 12.2. The second-order valence-corrected chi connectivity index (χ2v) is 4.73. The van der Waals surface area contributed by atoms with E-state index in [1.807, 2.05) is 22.9 Å². The molecule has 1 atom stereocenters. The van der Waals surface area contributed by atoms with Crippen LogP contribution in [0.3, 0.4) is 0 Å². The van der Waals surface area contributed by atoms with E-state index in [-0.39, 0.29) is 5.91 Å². The Labute approximate surface area is 126 Å². The number of aromatic nitrogens is 6. The predicted octanol–water partition coefficient (Wildman–Crippen LogP) is 0.736. The third kappa shape index (κ3) is 2.85. The fraction of sp³-hybridized carbons (Fsp3) is 0.214. The van der Waals surface area contributed by atoms with Gasteiger partial charge in [0, 0.05) is 30.7 Å². The fourth-order valence-corrected chi connectivity index (χ4v) is 2.05. The lowest BCUT2D eigenvalue weighted by Crippen LogP contribution is -2.31. The van der Waals surface area contributed by atoms with Crippen molar-refractivity contribution in [3.05, 3.63) is 55.3 Å². The first-order valence-electron chi connectivity index (χ1n) is 6.80. The summed E-state index contributed by atoms with van der Waals surface area (Å²) in [6.07, 6.45) is 9.80. The predicted molar refractivity (Wildman–Crippen MR) is 77.9 cm³/mol. The number of amides is 1. The molecule has 0 radical (unpaired) electrons. The smallest absolute Gasteiger partial charge is 0.244 e. The van der Waals surface area contributed by atoms with Gasteiger partial charge in [-0.1, -0.05) is 6.07 Å². The number of nitrogens with one attached hydrogen (secondary N) is 1. The second-order valence-electron chi connectivity index (χ2n) is 4.73. The van der Waals surface area contributed by atoms with E-state index in [0.29, 0.717) is 6.54 Å². The normalized spacial score (nSPS) is 12.0. The molecule has 0 unspecified atom stereocenters. The average molecular weight is 297 g/mol. The van der Waals surface area contributed by atoms with Gasteiger partial charge < -0.3 is 5.32 Å². The van der Waals surface area contributed by atoms with Crippen LogP contribution in [-0.4, -0.2) is 35.2 Å². The second kappa shape index (κ2) is 6.17. The molecule has 0 bridgehead atoms. The van der Waals surface area contributed by atoms with Gasteiger partial charge in [0.1, 0.15) is 30.8 Å². The summed E-state index contributed by atoms with van der Waals surface area (Å²) in [6, 6.07) is 3.33. The van der Waals surface area contributed by atoms with E-state index in [1.165, 1.54) is 17.3 Å². The minimum Gasteiger partial charge on any atom is -0.350 e. The van der Waals surface area contributed by atoms with Crippen LogP contribution in [0.4, 0.5) is 0 Å². The molecule has 3 heterocycles. The summed E-state index contributed by atoms with van der Waals surface area (Å²) in [6.45, 7) is 2.14. The van der Waals surface area contributed by atoms with E-state index in [2.05, 4.69) is 25.4 Å². The lowest BCUT2D eigenvalue weighted by molar-refractivity contribution is -0.124. The first-order chi connectivity index (χ1) is 10.8. The first-order valence-corrected chi connectivity index (χ1v) is 6.80. The summed E-state index contributed by atoms with van der Waals surface area (Å²) in [5, 5.41) is 6.86. The molecule has 0 saturated carbocycles. The number of carbonyl (C=O) groups excluding carboxylic acids is 1. The number of carbonyl (C=O) groups is 1. The molecule has 8 heteroatoms. The van der Waals surface area contributed by atoms with Crippen LogP contribution in [0.1, 0.15) is 18.5 Å². The van der Waals surface area contributed by atoms with E-state index >= 15 is 0 Å². The van der Waals surface area contributed by atoms with Gasteiger partial charge >= 0.3 is 0 Å². The van der Waals surface area contributed by atoms with E-state index in [9.17, 15) is 4.79 Å². The Balaban J connectivity index is 1.71. The van der Waals surface area contributed by atoms with Crippen molar-refractivity contribution in [3.8, 4) is 5.82 Å². The number of hydrogen-bond acceptors (Lipinski definition) is 5. The van der Waals surface area contributed by atoms with Crippen molar-refractivity contribution < 1.29 is 4.79 Å². The zero-order valence-corrected chi connectivity index (χ0v) is 12.0. The standard InChI is InChI=1S/C14H15N7O/c1-11(21-10-16-8-19-21)14(22)18-7-12-3-2-4-17-13(12)20-6-5-15-9-20/h2-6,8-11H,7H2,1H3,(H,18,22)/t11-/m1/s1. The summed E-state index contributed by atoms with van der Waals surface area (Å²) in [5.74, 6) is 0.611. The van der Waals surface area contributed by atoms with Gasteiger partial charge in [0.2, 0.25) is 5.91 Å². The zero-order chi connectivity index (χ0) is 15.4. The lowest BCUT2D eigenvalue weighted by Gasteiger charge is -2.13. The first kappa shape index (κ1) is 13.9. The van der Waals surface area contributed by atoms with Crippen LogP contribution in [0, 0.1) is 0 Å². The number of rotatable bonds is 5. The van der Waals surface area contributed by atoms with E-state index in [0.717, 1.165) is 11.4 Å². The van der Waals surface area contributed by atoms with Crippen molar-refractivity contribution in [2.45, 2.75) is 19.5 Å².